The molecular weight excluding hydrogens is 210 g/mol. The van der Waals surface area contributed by atoms with Crippen LogP contribution in [0.1, 0.15) is 12.8 Å². The van der Waals surface area contributed by atoms with Gasteiger partial charge in [0.1, 0.15) is 11.8 Å². The van der Waals surface area contributed by atoms with E-state index in [1.807, 2.05) is 0 Å². The van der Waals surface area contributed by atoms with Gasteiger partial charge in [0.2, 0.25) is 0 Å². The van der Waals surface area contributed by atoms with E-state index >= 15 is 0 Å². The second kappa shape index (κ2) is 5.14. The van der Waals surface area contributed by atoms with E-state index in [9.17, 15) is 9.90 Å². The van der Waals surface area contributed by atoms with Gasteiger partial charge in [-0.25, -0.2) is 0 Å². The largest absolute Gasteiger partial charge is 0.508 e. The van der Waals surface area contributed by atoms with Gasteiger partial charge in [0.05, 0.1) is 5.60 Å². The molecule has 0 spiro atoms. The minimum Gasteiger partial charge on any atom is -0.508 e. The number of aliphatic carboxylic acids is 1. The van der Waals surface area contributed by atoms with Crippen LogP contribution in [-0.2, 0) is 9.53 Å². The van der Waals surface area contributed by atoms with E-state index in [1.54, 1.807) is 19.2 Å². The molecular formula is C11H17NO4. The van der Waals surface area contributed by atoms with E-state index in [0.29, 0.717) is 12.8 Å². The molecule has 0 heterocycles. The molecule has 0 saturated heterocycles. The summed E-state index contributed by atoms with van der Waals surface area (Å²) in [6, 6.07) is -0.668. The first-order valence-electron chi connectivity index (χ1n) is 5.06. The first-order chi connectivity index (χ1) is 7.53. The fraction of sp³-hybridized carbons (Fsp3) is 0.545. The number of aliphatic hydroxyl groups excluding tert-OH is 1. The molecule has 16 heavy (non-hydrogen) atoms. The van der Waals surface area contributed by atoms with Crippen LogP contribution in [0.5, 0.6) is 0 Å². The van der Waals surface area contributed by atoms with E-state index in [4.69, 9.17) is 9.84 Å². The molecule has 0 aliphatic heterocycles. The summed E-state index contributed by atoms with van der Waals surface area (Å²) in [6.45, 7) is 0. The van der Waals surface area contributed by atoms with Crippen molar-refractivity contribution in [2.45, 2.75) is 24.5 Å². The van der Waals surface area contributed by atoms with Crippen molar-refractivity contribution in [3.8, 4) is 0 Å². The maximum Gasteiger partial charge on any atom is 0.320 e. The predicted octanol–water partition coefficient (Wildman–Crippen LogP) is 0.836. The molecule has 2 atom stereocenters. The molecule has 0 bridgehead atoms. The smallest absolute Gasteiger partial charge is 0.320 e. The Morgan fingerprint density at radius 3 is 2.81 bits per heavy atom. The van der Waals surface area contributed by atoms with Gasteiger partial charge in [-0.1, -0.05) is 0 Å². The Bertz CT molecular complexity index is 324. The number of ether oxygens (including phenoxy) is 1. The maximum absolute atomic E-state index is 10.9. The van der Waals surface area contributed by atoms with Gasteiger partial charge in [0.15, 0.2) is 0 Å². The number of rotatable bonds is 5. The highest BCUT2D eigenvalue weighted by molar-refractivity contribution is 5.73. The maximum atomic E-state index is 10.9. The van der Waals surface area contributed by atoms with Gasteiger partial charge in [-0.15, -0.1) is 0 Å². The van der Waals surface area contributed by atoms with Crippen molar-refractivity contribution in [2.24, 2.45) is 0 Å². The SMILES string of the molecule is CN[C@@H](CC1(OC)C=CC(O)=CC1)C(=O)O. The lowest BCUT2D eigenvalue weighted by molar-refractivity contribution is -0.141. The van der Waals surface area contributed by atoms with Crippen LogP contribution in [0.15, 0.2) is 24.0 Å². The van der Waals surface area contributed by atoms with Crippen LogP contribution in [0.25, 0.3) is 0 Å². The minimum atomic E-state index is -0.911. The summed E-state index contributed by atoms with van der Waals surface area (Å²) < 4.78 is 5.36. The van der Waals surface area contributed by atoms with Crippen molar-refractivity contribution in [2.75, 3.05) is 14.2 Å². The van der Waals surface area contributed by atoms with Crippen molar-refractivity contribution < 1.29 is 19.7 Å². The lowest BCUT2D eigenvalue weighted by Crippen LogP contribution is -2.43. The second-order valence-corrected chi connectivity index (χ2v) is 3.82. The zero-order valence-electron chi connectivity index (χ0n) is 9.43. The van der Waals surface area contributed by atoms with Crippen LogP contribution < -0.4 is 5.32 Å². The van der Waals surface area contributed by atoms with Crippen LogP contribution in [0.4, 0.5) is 0 Å². The van der Waals surface area contributed by atoms with Crippen molar-refractivity contribution >= 4 is 5.97 Å². The van der Waals surface area contributed by atoms with Crippen molar-refractivity contribution in [3.63, 3.8) is 0 Å². The number of hydrogen-bond donors (Lipinski definition) is 3. The number of allylic oxidation sites excluding steroid dienone is 1. The molecule has 0 fully saturated rings. The van der Waals surface area contributed by atoms with Gasteiger partial charge in [0, 0.05) is 20.0 Å². The molecule has 0 aromatic carbocycles. The summed E-state index contributed by atoms with van der Waals surface area (Å²) >= 11 is 0. The lowest BCUT2D eigenvalue weighted by atomic mass is 9.87. The molecule has 1 aliphatic carbocycles. The molecule has 0 saturated carbocycles. The molecule has 1 rings (SSSR count). The van der Waals surface area contributed by atoms with Gasteiger partial charge in [-0.05, 0) is 25.3 Å². The number of methoxy groups -OCH3 is 1. The summed E-state index contributed by atoms with van der Waals surface area (Å²) in [5.74, 6) is -0.727. The van der Waals surface area contributed by atoms with Crippen LogP contribution >= 0.6 is 0 Å². The number of aliphatic hydroxyl groups is 1. The van der Waals surface area contributed by atoms with E-state index < -0.39 is 17.6 Å². The highest BCUT2D eigenvalue weighted by atomic mass is 16.5. The topological polar surface area (TPSA) is 78.8 Å². The quantitative estimate of drug-likeness (QED) is 0.648. The third-order valence-corrected chi connectivity index (χ3v) is 2.82. The Morgan fingerprint density at radius 1 is 1.75 bits per heavy atom. The highest BCUT2D eigenvalue weighted by Gasteiger charge is 2.33. The fourth-order valence-electron chi connectivity index (χ4n) is 1.70. The van der Waals surface area contributed by atoms with Gasteiger partial charge < -0.3 is 20.3 Å². The van der Waals surface area contributed by atoms with Gasteiger partial charge in [0.25, 0.3) is 0 Å². The summed E-state index contributed by atoms with van der Waals surface area (Å²) in [5, 5.41) is 20.9. The average Bonchev–Trinajstić information content (AvgIpc) is 2.28. The Kier molecular flexibility index (Phi) is 4.09. The van der Waals surface area contributed by atoms with Crippen molar-refractivity contribution in [3.05, 3.63) is 24.0 Å². The summed E-state index contributed by atoms with van der Waals surface area (Å²) in [5.41, 5.74) is -0.654. The highest BCUT2D eigenvalue weighted by Crippen LogP contribution is 2.28. The third kappa shape index (κ3) is 2.84. The molecule has 0 aromatic rings. The van der Waals surface area contributed by atoms with E-state index in [1.165, 1.54) is 13.2 Å². The molecule has 0 amide bonds. The Hall–Kier alpha value is -1.33. The lowest BCUT2D eigenvalue weighted by Gasteiger charge is -2.32. The van der Waals surface area contributed by atoms with Gasteiger partial charge >= 0.3 is 5.97 Å². The summed E-state index contributed by atoms with van der Waals surface area (Å²) in [7, 11) is 3.14. The number of carboxylic acids is 1. The molecule has 1 aliphatic rings. The first-order valence-corrected chi connectivity index (χ1v) is 5.06. The Labute approximate surface area is 94.4 Å². The number of hydrogen-bond acceptors (Lipinski definition) is 4. The molecule has 3 N–H and O–H groups in total. The Balaban J connectivity index is 2.76. The van der Waals surface area contributed by atoms with Gasteiger partial charge in [-0.3, -0.25) is 4.79 Å². The minimum absolute atomic E-state index is 0.184. The third-order valence-electron chi connectivity index (χ3n) is 2.82. The monoisotopic (exact) mass is 227 g/mol. The summed E-state index contributed by atoms with van der Waals surface area (Å²) in [4.78, 5) is 10.9. The zero-order chi connectivity index (χ0) is 12.2. The summed E-state index contributed by atoms with van der Waals surface area (Å²) in [6.07, 6.45) is 5.64. The van der Waals surface area contributed by atoms with Crippen molar-refractivity contribution in [1.82, 2.24) is 5.32 Å². The van der Waals surface area contributed by atoms with Crippen LogP contribution in [0, 0.1) is 0 Å². The molecule has 5 heteroatoms. The number of carbonyl (C=O) groups is 1. The van der Waals surface area contributed by atoms with Crippen LogP contribution in [0.3, 0.4) is 0 Å². The normalized spacial score (nSPS) is 26.2. The van der Waals surface area contributed by atoms with Crippen LogP contribution in [-0.4, -0.2) is 42.0 Å². The van der Waals surface area contributed by atoms with Gasteiger partial charge in [-0.2, -0.15) is 0 Å². The molecule has 1 unspecified atom stereocenters. The molecule has 0 aromatic heterocycles. The van der Waals surface area contributed by atoms with E-state index in [-0.39, 0.29) is 5.76 Å². The average molecular weight is 227 g/mol. The molecule has 0 radical (unpaired) electrons. The zero-order valence-corrected chi connectivity index (χ0v) is 9.43. The Morgan fingerprint density at radius 2 is 2.44 bits per heavy atom. The predicted molar refractivity (Wildman–Crippen MR) is 59.3 cm³/mol. The fourth-order valence-corrected chi connectivity index (χ4v) is 1.70. The standard InChI is InChI=1S/C11H17NO4/c1-12-9(10(14)15)7-11(16-2)5-3-8(13)4-6-11/h3-5,9,12-13H,6-7H2,1-2H3,(H,14,15)/t9-,11?/m0/s1. The van der Waals surface area contributed by atoms with E-state index in [2.05, 4.69) is 5.32 Å². The number of carboxylic acid groups (broad SMARTS) is 1. The first kappa shape index (κ1) is 12.7. The van der Waals surface area contributed by atoms with E-state index in [0.717, 1.165) is 0 Å². The van der Waals surface area contributed by atoms with Crippen molar-refractivity contribution in [1.29, 1.82) is 0 Å². The number of likely N-dealkylation sites (N-methyl/N-ethyl adjacent to an activating group) is 1. The molecule has 90 valence electrons. The second-order valence-electron chi connectivity index (χ2n) is 3.82. The van der Waals surface area contributed by atoms with Crippen LogP contribution in [0.2, 0.25) is 0 Å². The molecule has 5 nitrogen and oxygen atoms in total. The number of nitrogens with one attached hydrogen (secondary N) is 1.